The number of aliphatic hydroxyl groups excluding tert-OH is 1. The van der Waals surface area contributed by atoms with E-state index in [1.807, 2.05) is 19.0 Å². The second kappa shape index (κ2) is 5.33. The number of likely N-dealkylation sites (N-methyl/N-ethyl adjacent to an activating group) is 1. The van der Waals surface area contributed by atoms with Crippen LogP contribution in [0.25, 0.3) is 0 Å². The van der Waals surface area contributed by atoms with Crippen molar-refractivity contribution in [1.29, 1.82) is 0 Å². The van der Waals surface area contributed by atoms with Crippen molar-refractivity contribution >= 4 is 5.91 Å². The van der Waals surface area contributed by atoms with Crippen molar-refractivity contribution in [3.05, 3.63) is 0 Å². The highest BCUT2D eigenvalue weighted by atomic mass is 16.5. The summed E-state index contributed by atoms with van der Waals surface area (Å²) in [4.78, 5) is 16.1. The molecule has 0 aromatic rings. The third-order valence-corrected chi connectivity index (χ3v) is 3.25. The van der Waals surface area contributed by atoms with Gasteiger partial charge in [0.15, 0.2) is 0 Å². The fraction of sp³-hybridized carbons (Fsp3) is 0.917. The summed E-state index contributed by atoms with van der Waals surface area (Å²) in [6.07, 6.45) is 0.223. The summed E-state index contributed by atoms with van der Waals surface area (Å²) < 4.78 is 5.21. The summed E-state index contributed by atoms with van der Waals surface area (Å²) in [5.74, 6) is -0.0524. The molecule has 0 bridgehead atoms. The van der Waals surface area contributed by atoms with Crippen LogP contribution in [0.1, 0.15) is 20.3 Å². The first-order valence-corrected chi connectivity index (χ1v) is 5.97. The topological polar surface area (TPSA) is 53.0 Å². The molecule has 1 aliphatic rings. The van der Waals surface area contributed by atoms with Crippen LogP contribution >= 0.6 is 0 Å². The number of hydrogen-bond donors (Lipinski definition) is 1. The summed E-state index contributed by atoms with van der Waals surface area (Å²) in [5, 5.41) is 9.72. The minimum Gasteiger partial charge on any atom is -0.391 e. The minimum atomic E-state index is -0.825. The van der Waals surface area contributed by atoms with E-state index in [0.29, 0.717) is 13.0 Å². The molecule has 1 rings (SSSR count). The van der Waals surface area contributed by atoms with E-state index in [1.54, 1.807) is 18.7 Å². The SMILES string of the molecule is COC(C)(C)C(=O)N1CC(O)CC1CN(C)C. The maximum absolute atomic E-state index is 12.3. The zero-order chi connectivity index (χ0) is 13.2. The molecule has 1 heterocycles. The van der Waals surface area contributed by atoms with Gasteiger partial charge in [0.25, 0.3) is 5.91 Å². The predicted octanol–water partition coefficient (Wildman–Crippen LogP) is -0.0652. The normalized spacial score (nSPS) is 25.7. The standard InChI is InChI=1S/C12H24N2O3/c1-12(2,17-5)11(16)14-8-10(15)6-9(14)7-13(3)4/h9-10,15H,6-8H2,1-5H3. The molecule has 1 amide bonds. The van der Waals surface area contributed by atoms with Gasteiger partial charge in [0.1, 0.15) is 5.60 Å². The number of methoxy groups -OCH3 is 1. The highest BCUT2D eigenvalue weighted by Crippen LogP contribution is 2.23. The Morgan fingerprint density at radius 2 is 2.12 bits per heavy atom. The van der Waals surface area contributed by atoms with Crippen LogP contribution in [0.3, 0.4) is 0 Å². The van der Waals surface area contributed by atoms with Crippen LogP contribution in [0.15, 0.2) is 0 Å². The van der Waals surface area contributed by atoms with Gasteiger partial charge in [-0.15, -0.1) is 0 Å². The summed E-state index contributed by atoms with van der Waals surface area (Å²) >= 11 is 0. The van der Waals surface area contributed by atoms with Crippen molar-refractivity contribution in [2.75, 3.05) is 34.3 Å². The number of carbonyl (C=O) groups excluding carboxylic acids is 1. The molecule has 0 aromatic heterocycles. The molecular formula is C12H24N2O3. The predicted molar refractivity (Wildman–Crippen MR) is 65.8 cm³/mol. The Balaban J connectivity index is 2.76. The zero-order valence-electron chi connectivity index (χ0n) is 11.4. The molecule has 1 aliphatic heterocycles. The Morgan fingerprint density at radius 3 is 2.59 bits per heavy atom. The number of aliphatic hydroxyl groups is 1. The van der Waals surface area contributed by atoms with Gasteiger partial charge in [-0.25, -0.2) is 0 Å². The van der Waals surface area contributed by atoms with E-state index in [0.717, 1.165) is 6.54 Å². The smallest absolute Gasteiger partial charge is 0.254 e. The van der Waals surface area contributed by atoms with Gasteiger partial charge in [0, 0.05) is 26.2 Å². The summed E-state index contributed by atoms with van der Waals surface area (Å²) in [6, 6.07) is 0.0712. The van der Waals surface area contributed by atoms with E-state index in [2.05, 4.69) is 0 Å². The molecule has 0 saturated carbocycles. The first kappa shape index (κ1) is 14.4. The molecule has 0 aliphatic carbocycles. The highest BCUT2D eigenvalue weighted by Gasteiger charge is 2.40. The lowest BCUT2D eigenvalue weighted by Crippen LogP contribution is -2.50. The molecule has 17 heavy (non-hydrogen) atoms. The molecule has 1 N–H and O–H groups in total. The van der Waals surface area contributed by atoms with Gasteiger partial charge in [-0.3, -0.25) is 4.79 Å². The van der Waals surface area contributed by atoms with Crippen LogP contribution in [0.2, 0.25) is 0 Å². The van der Waals surface area contributed by atoms with Crippen LogP contribution in [-0.4, -0.2) is 72.9 Å². The van der Waals surface area contributed by atoms with Gasteiger partial charge >= 0.3 is 0 Å². The fourth-order valence-corrected chi connectivity index (χ4v) is 2.17. The lowest BCUT2D eigenvalue weighted by atomic mass is 10.1. The van der Waals surface area contributed by atoms with Crippen molar-refractivity contribution < 1.29 is 14.6 Å². The van der Waals surface area contributed by atoms with E-state index in [1.165, 1.54) is 7.11 Å². The van der Waals surface area contributed by atoms with Gasteiger partial charge in [0.05, 0.1) is 6.10 Å². The summed E-state index contributed by atoms with van der Waals surface area (Å²) in [6.45, 7) is 4.69. The third kappa shape index (κ3) is 3.40. The molecule has 1 saturated heterocycles. The number of rotatable bonds is 4. The molecular weight excluding hydrogens is 220 g/mol. The maximum Gasteiger partial charge on any atom is 0.254 e. The van der Waals surface area contributed by atoms with Crippen molar-refractivity contribution in [3.63, 3.8) is 0 Å². The Labute approximate surface area is 103 Å². The minimum absolute atomic E-state index is 0.0524. The van der Waals surface area contributed by atoms with E-state index in [-0.39, 0.29) is 11.9 Å². The van der Waals surface area contributed by atoms with Crippen molar-refractivity contribution in [2.45, 2.75) is 38.0 Å². The van der Waals surface area contributed by atoms with Gasteiger partial charge in [-0.1, -0.05) is 0 Å². The number of amides is 1. The van der Waals surface area contributed by atoms with Crippen LogP contribution in [0.5, 0.6) is 0 Å². The highest BCUT2D eigenvalue weighted by molar-refractivity contribution is 5.85. The second-order valence-corrected chi connectivity index (χ2v) is 5.48. The van der Waals surface area contributed by atoms with Crippen molar-refractivity contribution in [3.8, 4) is 0 Å². The summed E-state index contributed by atoms with van der Waals surface area (Å²) in [5.41, 5.74) is -0.825. The van der Waals surface area contributed by atoms with E-state index in [4.69, 9.17) is 4.74 Å². The van der Waals surface area contributed by atoms with Gasteiger partial charge in [-0.05, 0) is 34.4 Å². The van der Waals surface area contributed by atoms with E-state index >= 15 is 0 Å². The Morgan fingerprint density at radius 1 is 1.53 bits per heavy atom. The van der Waals surface area contributed by atoms with Crippen LogP contribution in [0, 0.1) is 0 Å². The van der Waals surface area contributed by atoms with E-state index in [9.17, 15) is 9.90 Å². The molecule has 2 unspecified atom stereocenters. The fourth-order valence-electron chi connectivity index (χ4n) is 2.17. The first-order chi connectivity index (χ1) is 7.77. The number of hydrogen-bond acceptors (Lipinski definition) is 4. The maximum atomic E-state index is 12.3. The second-order valence-electron chi connectivity index (χ2n) is 5.48. The summed E-state index contributed by atoms with van der Waals surface area (Å²) in [7, 11) is 5.47. The lowest BCUT2D eigenvalue weighted by molar-refractivity contribution is -0.152. The van der Waals surface area contributed by atoms with Gasteiger partial charge < -0.3 is 19.6 Å². The Kier molecular flexibility index (Phi) is 4.52. The Hall–Kier alpha value is -0.650. The number of carbonyl (C=O) groups is 1. The zero-order valence-corrected chi connectivity index (χ0v) is 11.4. The van der Waals surface area contributed by atoms with Crippen LogP contribution in [-0.2, 0) is 9.53 Å². The molecule has 0 spiro atoms. The van der Waals surface area contributed by atoms with Gasteiger partial charge in [-0.2, -0.15) is 0 Å². The quantitative estimate of drug-likeness (QED) is 0.752. The first-order valence-electron chi connectivity index (χ1n) is 5.97. The van der Waals surface area contributed by atoms with E-state index < -0.39 is 11.7 Å². The molecule has 0 aromatic carbocycles. The van der Waals surface area contributed by atoms with Crippen LogP contribution < -0.4 is 0 Å². The molecule has 100 valence electrons. The number of nitrogens with zero attached hydrogens (tertiary/aromatic N) is 2. The molecule has 5 heteroatoms. The molecule has 2 atom stereocenters. The third-order valence-electron chi connectivity index (χ3n) is 3.25. The number of ether oxygens (including phenoxy) is 1. The molecule has 5 nitrogen and oxygen atoms in total. The largest absolute Gasteiger partial charge is 0.391 e. The van der Waals surface area contributed by atoms with Crippen molar-refractivity contribution in [1.82, 2.24) is 9.80 Å². The average molecular weight is 244 g/mol. The van der Waals surface area contributed by atoms with Gasteiger partial charge in [0.2, 0.25) is 0 Å². The number of likely N-dealkylation sites (tertiary alicyclic amines) is 1. The Bertz CT molecular complexity index is 279. The number of β-amino-alcohol motifs (C(OH)–C–C–N with tert-alkyl or cyclic N) is 1. The van der Waals surface area contributed by atoms with Crippen LogP contribution in [0.4, 0.5) is 0 Å². The monoisotopic (exact) mass is 244 g/mol. The lowest BCUT2D eigenvalue weighted by Gasteiger charge is -2.33. The van der Waals surface area contributed by atoms with Crippen molar-refractivity contribution in [2.24, 2.45) is 0 Å². The molecule has 1 fully saturated rings. The molecule has 0 radical (unpaired) electrons. The average Bonchev–Trinajstić information content (AvgIpc) is 2.57.